The molecule has 12 rings (SSSR count). The van der Waals surface area contributed by atoms with E-state index in [4.69, 9.17) is 0 Å². The minimum absolute atomic E-state index is 0.570. The standard InChI is InChI=1S/C63H44N2/c1-3-24-49(25-4-1)63(50-26-5-2-6-27-50)58-33-13-11-30-54(58)55-31-17-32-56(62(55)63)57-42-47(37-39-61(57)65-60-35-16-21-44-19-9-10-28-52(44)60)45-22-15-23-48(40-45)53-29-12-14-34-59(53)64-51-38-36-43-18-7-8-20-46(43)41-51/h1-42,64-65H. The van der Waals surface area contributed by atoms with Crippen molar-refractivity contribution >= 4 is 44.3 Å². The van der Waals surface area contributed by atoms with E-state index in [-0.39, 0.29) is 0 Å². The summed E-state index contributed by atoms with van der Waals surface area (Å²) < 4.78 is 0. The van der Waals surface area contributed by atoms with Crippen molar-refractivity contribution in [3.05, 3.63) is 277 Å². The zero-order valence-corrected chi connectivity index (χ0v) is 35.7. The summed E-state index contributed by atoms with van der Waals surface area (Å²) in [7, 11) is 0. The van der Waals surface area contributed by atoms with Crippen LogP contribution in [0.1, 0.15) is 22.3 Å². The summed E-state index contributed by atoms with van der Waals surface area (Å²) in [5.41, 5.74) is 18.2. The van der Waals surface area contributed by atoms with Crippen molar-refractivity contribution in [1.29, 1.82) is 0 Å². The molecular weight excluding hydrogens is 785 g/mol. The number of fused-ring (bicyclic) bond motifs is 5. The fraction of sp³-hybridized carbons (Fsp3) is 0.0159. The minimum Gasteiger partial charge on any atom is -0.355 e. The minimum atomic E-state index is -0.570. The van der Waals surface area contributed by atoms with Crippen LogP contribution in [0.3, 0.4) is 0 Å². The molecule has 0 amide bonds. The molecule has 0 bridgehead atoms. The third-order valence-electron chi connectivity index (χ3n) is 13.3. The lowest BCUT2D eigenvalue weighted by atomic mass is 9.66. The van der Waals surface area contributed by atoms with Crippen molar-refractivity contribution in [2.45, 2.75) is 5.41 Å². The second kappa shape index (κ2) is 16.0. The summed E-state index contributed by atoms with van der Waals surface area (Å²) in [5, 5.41) is 12.6. The van der Waals surface area contributed by atoms with Crippen molar-refractivity contribution in [3.63, 3.8) is 0 Å². The number of para-hydroxylation sites is 1. The largest absolute Gasteiger partial charge is 0.355 e. The normalized spacial score (nSPS) is 12.4. The fourth-order valence-electron chi connectivity index (χ4n) is 10.4. The Balaban J connectivity index is 1.05. The molecule has 1 aliphatic carbocycles. The lowest BCUT2D eigenvalue weighted by Gasteiger charge is -2.35. The molecular formula is C63H44N2. The van der Waals surface area contributed by atoms with E-state index >= 15 is 0 Å². The highest BCUT2D eigenvalue weighted by Gasteiger charge is 2.47. The van der Waals surface area contributed by atoms with E-state index in [0.717, 1.165) is 50.6 Å². The highest BCUT2D eigenvalue weighted by atomic mass is 14.9. The predicted octanol–water partition coefficient (Wildman–Crippen LogP) is 16.8. The molecule has 2 N–H and O–H groups in total. The van der Waals surface area contributed by atoms with Crippen LogP contribution in [0.5, 0.6) is 0 Å². The SMILES string of the molecule is c1ccc(C2(c3ccccc3)c3ccccc3-c3cccc(-c4cc(-c5cccc(-c6ccccc6Nc6ccc7ccccc7c6)c5)ccc4Nc4cccc5ccccc45)c32)cc1. The zero-order chi connectivity index (χ0) is 43.2. The van der Waals surface area contributed by atoms with Crippen LogP contribution in [-0.4, -0.2) is 0 Å². The highest BCUT2D eigenvalue weighted by molar-refractivity contribution is 6.00. The Morgan fingerprint density at radius 2 is 0.831 bits per heavy atom. The molecule has 0 spiro atoms. The van der Waals surface area contributed by atoms with E-state index < -0.39 is 5.41 Å². The van der Waals surface area contributed by atoms with Gasteiger partial charge in [-0.3, -0.25) is 0 Å². The summed E-state index contributed by atoms with van der Waals surface area (Å²) in [4.78, 5) is 0. The zero-order valence-electron chi connectivity index (χ0n) is 35.7. The quantitative estimate of drug-likeness (QED) is 0.151. The van der Waals surface area contributed by atoms with Crippen LogP contribution >= 0.6 is 0 Å². The van der Waals surface area contributed by atoms with Crippen LogP contribution in [0.2, 0.25) is 0 Å². The van der Waals surface area contributed by atoms with Gasteiger partial charge >= 0.3 is 0 Å². The molecule has 0 aromatic heterocycles. The van der Waals surface area contributed by atoms with Gasteiger partial charge in [0.05, 0.1) is 5.41 Å². The van der Waals surface area contributed by atoms with Crippen LogP contribution in [0, 0.1) is 0 Å². The maximum Gasteiger partial charge on any atom is 0.0719 e. The summed E-state index contributed by atoms with van der Waals surface area (Å²) in [6, 6.07) is 92.8. The summed E-state index contributed by atoms with van der Waals surface area (Å²) in [6.45, 7) is 0. The average molecular weight is 829 g/mol. The Labute approximate surface area is 380 Å². The van der Waals surface area contributed by atoms with E-state index in [1.165, 1.54) is 60.5 Å². The van der Waals surface area contributed by atoms with E-state index in [9.17, 15) is 0 Å². The molecule has 0 radical (unpaired) electrons. The summed E-state index contributed by atoms with van der Waals surface area (Å²) >= 11 is 0. The molecule has 0 heterocycles. The second-order valence-electron chi connectivity index (χ2n) is 17.0. The first kappa shape index (κ1) is 38.2. The number of benzene rings is 11. The lowest BCUT2D eigenvalue weighted by Crippen LogP contribution is -2.29. The van der Waals surface area contributed by atoms with E-state index in [1.54, 1.807) is 0 Å². The molecule has 0 unspecified atom stereocenters. The topological polar surface area (TPSA) is 24.1 Å². The van der Waals surface area contributed by atoms with E-state index in [0.29, 0.717) is 0 Å². The van der Waals surface area contributed by atoms with Crippen molar-refractivity contribution in [3.8, 4) is 44.5 Å². The Hall–Kier alpha value is -8.46. The highest BCUT2D eigenvalue weighted by Crippen LogP contribution is 2.59. The molecule has 11 aromatic rings. The van der Waals surface area contributed by atoms with E-state index in [1.807, 2.05) is 0 Å². The molecule has 1 aliphatic rings. The molecule has 65 heavy (non-hydrogen) atoms. The molecule has 0 atom stereocenters. The molecule has 2 nitrogen and oxygen atoms in total. The Morgan fingerprint density at radius 3 is 1.65 bits per heavy atom. The van der Waals surface area contributed by atoms with Crippen LogP contribution in [0.15, 0.2) is 255 Å². The predicted molar refractivity (Wildman–Crippen MR) is 275 cm³/mol. The number of hydrogen-bond donors (Lipinski definition) is 2. The summed E-state index contributed by atoms with van der Waals surface area (Å²) in [6.07, 6.45) is 0. The van der Waals surface area contributed by atoms with Gasteiger partial charge in [0.15, 0.2) is 0 Å². The molecule has 2 heteroatoms. The van der Waals surface area contributed by atoms with Crippen molar-refractivity contribution in [1.82, 2.24) is 0 Å². The third-order valence-corrected chi connectivity index (χ3v) is 13.3. The first-order valence-electron chi connectivity index (χ1n) is 22.4. The lowest BCUT2D eigenvalue weighted by molar-refractivity contribution is 0.770. The van der Waals surface area contributed by atoms with Crippen molar-refractivity contribution in [2.75, 3.05) is 10.6 Å². The molecule has 11 aromatic carbocycles. The Kier molecular flexibility index (Phi) is 9.43. The van der Waals surface area contributed by atoms with Gasteiger partial charge in [-0.1, -0.05) is 212 Å². The monoisotopic (exact) mass is 828 g/mol. The maximum absolute atomic E-state index is 3.98. The first-order chi connectivity index (χ1) is 32.2. The van der Waals surface area contributed by atoms with Gasteiger partial charge in [0.2, 0.25) is 0 Å². The fourth-order valence-corrected chi connectivity index (χ4v) is 10.4. The van der Waals surface area contributed by atoms with Gasteiger partial charge in [-0.25, -0.2) is 0 Å². The van der Waals surface area contributed by atoms with Gasteiger partial charge in [-0.05, 0) is 114 Å². The van der Waals surface area contributed by atoms with Gasteiger partial charge in [0.1, 0.15) is 0 Å². The van der Waals surface area contributed by atoms with Crippen LogP contribution in [-0.2, 0) is 5.41 Å². The molecule has 0 fully saturated rings. The Bertz CT molecular complexity index is 3510. The van der Waals surface area contributed by atoms with Gasteiger partial charge in [-0.2, -0.15) is 0 Å². The average Bonchev–Trinajstić information content (AvgIpc) is 3.69. The van der Waals surface area contributed by atoms with Crippen LogP contribution in [0.4, 0.5) is 22.7 Å². The molecule has 306 valence electrons. The number of hydrogen-bond acceptors (Lipinski definition) is 2. The van der Waals surface area contributed by atoms with Crippen LogP contribution < -0.4 is 10.6 Å². The van der Waals surface area contributed by atoms with Gasteiger partial charge in [-0.15, -0.1) is 0 Å². The Morgan fingerprint density at radius 1 is 0.277 bits per heavy atom. The number of rotatable bonds is 9. The van der Waals surface area contributed by atoms with Gasteiger partial charge < -0.3 is 10.6 Å². The smallest absolute Gasteiger partial charge is 0.0719 e. The molecule has 0 saturated carbocycles. The number of anilines is 4. The van der Waals surface area contributed by atoms with Gasteiger partial charge in [0, 0.05) is 39.3 Å². The second-order valence-corrected chi connectivity index (χ2v) is 17.0. The number of nitrogens with one attached hydrogen (secondary N) is 2. The van der Waals surface area contributed by atoms with Crippen molar-refractivity contribution in [2.24, 2.45) is 0 Å². The third kappa shape index (κ3) is 6.58. The maximum atomic E-state index is 3.98. The van der Waals surface area contributed by atoms with Gasteiger partial charge in [0.25, 0.3) is 0 Å². The summed E-state index contributed by atoms with van der Waals surface area (Å²) in [5.74, 6) is 0. The van der Waals surface area contributed by atoms with Crippen molar-refractivity contribution < 1.29 is 0 Å². The first-order valence-corrected chi connectivity index (χ1v) is 22.4. The molecule has 0 aliphatic heterocycles. The van der Waals surface area contributed by atoms with E-state index in [2.05, 4.69) is 265 Å². The molecule has 0 saturated heterocycles. The van der Waals surface area contributed by atoms with Crippen LogP contribution in [0.25, 0.3) is 66.1 Å².